The largest absolute Gasteiger partial charge is 0.497 e. The Morgan fingerprint density at radius 1 is 1.47 bits per heavy atom. The van der Waals surface area contributed by atoms with Gasteiger partial charge in [0.15, 0.2) is 0 Å². The first kappa shape index (κ1) is 12.8. The minimum atomic E-state index is -0.305. The third-order valence-corrected chi connectivity index (χ3v) is 3.76. The molecule has 0 radical (unpaired) electrons. The van der Waals surface area contributed by atoms with E-state index in [9.17, 15) is 4.39 Å². The van der Waals surface area contributed by atoms with E-state index in [2.05, 4.69) is 15.9 Å². The lowest BCUT2D eigenvalue weighted by Gasteiger charge is -2.27. The third kappa shape index (κ3) is 2.97. The van der Waals surface area contributed by atoms with Gasteiger partial charge in [-0.15, -0.1) is 0 Å². The number of benzene rings is 1. The summed E-state index contributed by atoms with van der Waals surface area (Å²) in [6.45, 7) is 1.62. The summed E-state index contributed by atoms with van der Waals surface area (Å²) in [6.07, 6.45) is -0.161. The molecule has 0 saturated carbocycles. The second kappa shape index (κ2) is 5.80. The fourth-order valence-corrected chi connectivity index (χ4v) is 2.41. The van der Waals surface area contributed by atoms with Gasteiger partial charge in [0.05, 0.1) is 37.9 Å². The van der Waals surface area contributed by atoms with Gasteiger partial charge in [0.2, 0.25) is 0 Å². The van der Waals surface area contributed by atoms with Crippen LogP contribution in [0.2, 0.25) is 0 Å². The van der Waals surface area contributed by atoms with Crippen molar-refractivity contribution < 1.29 is 18.6 Å². The van der Waals surface area contributed by atoms with Crippen LogP contribution in [0.5, 0.6) is 5.75 Å². The van der Waals surface area contributed by atoms with Gasteiger partial charge in [-0.1, -0.05) is 22.0 Å². The molecule has 1 aliphatic heterocycles. The van der Waals surface area contributed by atoms with Crippen molar-refractivity contribution in [3.05, 3.63) is 29.6 Å². The third-order valence-electron chi connectivity index (χ3n) is 2.67. The van der Waals surface area contributed by atoms with Crippen LogP contribution in [0, 0.1) is 5.82 Å². The molecule has 1 aromatic carbocycles. The van der Waals surface area contributed by atoms with E-state index in [0.29, 0.717) is 31.1 Å². The van der Waals surface area contributed by atoms with Gasteiger partial charge in [-0.25, -0.2) is 4.39 Å². The summed E-state index contributed by atoms with van der Waals surface area (Å²) in [4.78, 5) is -0.214. The van der Waals surface area contributed by atoms with Crippen LogP contribution in [0.25, 0.3) is 0 Å². The highest BCUT2D eigenvalue weighted by Crippen LogP contribution is 2.33. The van der Waals surface area contributed by atoms with Crippen molar-refractivity contribution in [1.82, 2.24) is 0 Å². The molecule has 5 heteroatoms. The zero-order valence-electron chi connectivity index (χ0n) is 9.49. The second-order valence-corrected chi connectivity index (χ2v) is 4.76. The molecule has 0 bridgehead atoms. The Kier molecular flexibility index (Phi) is 4.36. The smallest absolute Gasteiger partial charge is 0.131 e. The molecule has 1 heterocycles. The van der Waals surface area contributed by atoms with E-state index in [1.165, 1.54) is 13.2 Å². The summed E-state index contributed by atoms with van der Waals surface area (Å²) >= 11 is 3.46. The number of rotatable bonds is 3. The number of halogens is 2. The fourth-order valence-electron chi connectivity index (χ4n) is 1.73. The maximum Gasteiger partial charge on any atom is 0.131 e. The molecule has 0 N–H and O–H groups in total. The van der Waals surface area contributed by atoms with Crippen molar-refractivity contribution >= 4 is 15.9 Å². The SMILES string of the molecule is COc1ccc(C(Br)C2COCCO2)c(F)c1. The minimum absolute atomic E-state index is 0.161. The molecule has 0 aliphatic carbocycles. The van der Waals surface area contributed by atoms with E-state index in [-0.39, 0.29) is 16.7 Å². The van der Waals surface area contributed by atoms with E-state index in [0.717, 1.165) is 0 Å². The van der Waals surface area contributed by atoms with Gasteiger partial charge in [-0.05, 0) is 6.07 Å². The number of alkyl halides is 1. The zero-order valence-corrected chi connectivity index (χ0v) is 11.1. The number of hydrogen-bond donors (Lipinski definition) is 0. The van der Waals surface area contributed by atoms with Crippen LogP contribution in [-0.2, 0) is 9.47 Å². The molecule has 2 atom stereocenters. The van der Waals surface area contributed by atoms with Gasteiger partial charge in [-0.2, -0.15) is 0 Å². The number of hydrogen-bond acceptors (Lipinski definition) is 3. The van der Waals surface area contributed by atoms with Crippen molar-refractivity contribution in [2.24, 2.45) is 0 Å². The zero-order chi connectivity index (χ0) is 12.3. The molecule has 1 fully saturated rings. The van der Waals surface area contributed by atoms with Crippen LogP contribution in [0.1, 0.15) is 10.4 Å². The average Bonchev–Trinajstić information content (AvgIpc) is 2.39. The van der Waals surface area contributed by atoms with E-state index in [1.54, 1.807) is 12.1 Å². The summed E-state index contributed by atoms with van der Waals surface area (Å²) in [7, 11) is 1.51. The first-order valence-corrected chi connectivity index (χ1v) is 6.31. The van der Waals surface area contributed by atoms with Crippen molar-refractivity contribution in [2.45, 2.75) is 10.9 Å². The monoisotopic (exact) mass is 304 g/mol. The lowest BCUT2D eigenvalue weighted by Crippen LogP contribution is -2.32. The highest BCUT2D eigenvalue weighted by molar-refractivity contribution is 9.09. The lowest BCUT2D eigenvalue weighted by molar-refractivity contribution is -0.0878. The molecule has 1 aromatic rings. The molecule has 2 unspecified atom stereocenters. The quantitative estimate of drug-likeness (QED) is 0.804. The Morgan fingerprint density at radius 2 is 2.29 bits per heavy atom. The van der Waals surface area contributed by atoms with Crippen LogP contribution in [0.15, 0.2) is 18.2 Å². The molecular weight excluding hydrogens is 291 g/mol. The predicted molar refractivity (Wildman–Crippen MR) is 65.2 cm³/mol. The molecule has 0 amide bonds. The molecule has 1 saturated heterocycles. The molecule has 0 aromatic heterocycles. The molecule has 2 rings (SSSR count). The lowest BCUT2D eigenvalue weighted by atomic mass is 10.1. The summed E-state index contributed by atoms with van der Waals surface area (Å²) in [5.41, 5.74) is 0.557. The van der Waals surface area contributed by atoms with Gasteiger partial charge < -0.3 is 14.2 Å². The van der Waals surface area contributed by atoms with Gasteiger partial charge in [0.25, 0.3) is 0 Å². The summed E-state index contributed by atoms with van der Waals surface area (Å²) < 4.78 is 29.6. The van der Waals surface area contributed by atoms with E-state index >= 15 is 0 Å². The van der Waals surface area contributed by atoms with E-state index in [1.807, 2.05) is 0 Å². The van der Waals surface area contributed by atoms with Crippen LogP contribution in [0.4, 0.5) is 4.39 Å². The van der Waals surface area contributed by atoms with Crippen LogP contribution < -0.4 is 4.74 Å². The van der Waals surface area contributed by atoms with Crippen LogP contribution >= 0.6 is 15.9 Å². The Balaban J connectivity index is 2.15. The molecule has 94 valence electrons. The van der Waals surface area contributed by atoms with Crippen molar-refractivity contribution in [3.63, 3.8) is 0 Å². The van der Waals surface area contributed by atoms with Crippen LogP contribution in [0.3, 0.4) is 0 Å². The topological polar surface area (TPSA) is 27.7 Å². The fraction of sp³-hybridized carbons (Fsp3) is 0.500. The highest BCUT2D eigenvalue weighted by atomic mass is 79.9. The van der Waals surface area contributed by atoms with E-state index < -0.39 is 0 Å². The van der Waals surface area contributed by atoms with Crippen molar-refractivity contribution in [1.29, 1.82) is 0 Å². The average molecular weight is 305 g/mol. The van der Waals surface area contributed by atoms with Crippen LogP contribution in [-0.4, -0.2) is 33.0 Å². The van der Waals surface area contributed by atoms with Crippen molar-refractivity contribution in [2.75, 3.05) is 26.9 Å². The van der Waals surface area contributed by atoms with Gasteiger partial charge in [0, 0.05) is 11.6 Å². The molecular formula is C12H14BrFO3. The normalized spacial score (nSPS) is 22.2. The number of methoxy groups -OCH3 is 1. The summed E-state index contributed by atoms with van der Waals surface area (Å²) in [5.74, 6) is 0.201. The molecule has 3 nitrogen and oxygen atoms in total. The Bertz CT molecular complexity index is 380. The Hall–Kier alpha value is -0.650. The molecule has 0 spiro atoms. The maximum absolute atomic E-state index is 13.8. The first-order valence-electron chi connectivity index (χ1n) is 5.39. The highest BCUT2D eigenvalue weighted by Gasteiger charge is 2.26. The Labute approximate surface area is 108 Å². The van der Waals surface area contributed by atoms with Crippen molar-refractivity contribution in [3.8, 4) is 5.75 Å². The van der Waals surface area contributed by atoms with Gasteiger partial charge in [-0.3, -0.25) is 0 Å². The Morgan fingerprint density at radius 3 is 2.88 bits per heavy atom. The predicted octanol–water partition coefficient (Wildman–Crippen LogP) is 2.69. The number of ether oxygens (including phenoxy) is 3. The second-order valence-electron chi connectivity index (χ2n) is 3.77. The molecule has 1 aliphatic rings. The molecule has 17 heavy (non-hydrogen) atoms. The standard InChI is InChI=1S/C12H14BrFO3/c1-15-8-2-3-9(10(14)6-8)12(13)11-7-16-4-5-17-11/h2-3,6,11-12H,4-5,7H2,1H3. The van der Waals surface area contributed by atoms with Gasteiger partial charge >= 0.3 is 0 Å². The van der Waals surface area contributed by atoms with E-state index in [4.69, 9.17) is 14.2 Å². The summed E-state index contributed by atoms with van der Waals surface area (Å²) in [5, 5.41) is 0. The first-order chi connectivity index (χ1) is 8.22. The summed E-state index contributed by atoms with van der Waals surface area (Å²) in [6, 6.07) is 4.80. The maximum atomic E-state index is 13.8. The van der Waals surface area contributed by atoms with Gasteiger partial charge in [0.1, 0.15) is 11.6 Å². The minimum Gasteiger partial charge on any atom is -0.497 e.